The average Bonchev–Trinajstić information content (AvgIpc) is 2.57. The van der Waals surface area contributed by atoms with Crippen molar-refractivity contribution in [3.8, 4) is 5.75 Å². The first-order valence-electron chi connectivity index (χ1n) is 7.89. The van der Waals surface area contributed by atoms with Crippen LogP contribution in [0.4, 0.5) is 15.8 Å². The van der Waals surface area contributed by atoms with Gasteiger partial charge in [-0.25, -0.2) is 17.9 Å². The molecule has 0 amide bonds. The predicted molar refractivity (Wildman–Crippen MR) is 95.0 cm³/mol. The van der Waals surface area contributed by atoms with Gasteiger partial charge in [-0.3, -0.25) is 0 Å². The Bertz CT molecular complexity index is 894. The van der Waals surface area contributed by atoms with Gasteiger partial charge in [0.2, 0.25) is 10.0 Å². The topological polar surface area (TPSA) is 86.9 Å². The molecule has 0 bridgehead atoms. The molecular weight excluding hydrogens is 345 g/mol. The molecular formula is C17H20FN3O3S. The zero-order valence-corrected chi connectivity index (χ0v) is 14.6. The Hall–Kier alpha value is -2.32. The van der Waals surface area contributed by atoms with Crippen molar-refractivity contribution in [3.05, 3.63) is 47.8 Å². The summed E-state index contributed by atoms with van der Waals surface area (Å²) < 4.78 is 38.3. The van der Waals surface area contributed by atoms with E-state index in [0.29, 0.717) is 37.4 Å². The zero-order chi connectivity index (χ0) is 18.2. The first-order chi connectivity index (χ1) is 11.8. The third-order valence-electron chi connectivity index (χ3n) is 4.40. The third kappa shape index (κ3) is 3.40. The number of benzene rings is 2. The Kier molecular flexibility index (Phi) is 4.57. The van der Waals surface area contributed by atoms with Gasteiger partial charge < -0.3 is 14.9 Å². The number of primary sulfonamides is 1. The largest absolute Gasteiger partial charge is 0.506 e. The van der Waals surface area contributed by atoms with Crippen molar-refractivity contribution in [2.45, 2.75) is 11.8 Å². The van der Waals surface area contributed by atoms with Gasteiger partial charge >= 0.3 is 0 Å². The number of hydrogen-bond acceptors (Lipinski definition) is 5. The molecule has 1 saturated heterocycles. The van der Waals surface area contributed by atoms with Gasteiger partial charge in [0.1, 0.15) is 10.6 Å². The normalized spacial score (nSPS) is 15.5. The first kappa shape index (κ1) is 17.5. The van der Waals surface area contributed by atoms with Crippen molar-refractivity contribution in [2.24, 2.45) is 5.14 Å². The molecule has 3 N–H and O–H groups in total. The van der Waals surface area contributed by atoms with E-state index >= 15 is 0 Å². The van der Waals surface area contributed by atoms with Crippen LogP contribution in [0.3, 0.4) is 0 Å². The fourth-order valence-electron chi connectivity index (χ4n) is 3.07. The Morgan fingerprint density at radius 3 is 2.24 bits per heavy atom. The van der Waals surface area contributed by atoms with Crippen LogP contribution in [0, 0.1) is 12.7 Å². The SMILES string of the molecule is Cc1ccc(S(N)(=O)=O)c(N2CCN(c3ccccc3O)CC2)c1F. The van der Waals surface area contributed by atoms with Gasteiger partial charge in [-0.2, -0.15) is 0 Å². The van der Waals surface area contributed by atoms with E-state index in [2.05, 4.69) is 0 Å². The molecule has 0 spiro atoms. The highest BCUT2D eigenvalue weighted by molar-refractivity contribution is 7.89. The lowest BCUT2D eigenvalue weighted by Crippen LogP contribution is -2.47. The third-order valence-corrected chi connectivity index (χ3v) is 5.34. The zero-order valence-electron chi connectivity index (χ0n) is 13.8. The summed E-state index contributed by atoms with van der Waals surface area (Å²) in [6, 6.07) is 9.76. The van der Waals surface area contributed by atoms with Gasteiger partial charge in [-0.15, -0.1) is 0 Å². The molecule has 1 fully saturated rings. The number of phenolic OH excluding ortho intramolecular Hbond substituents is 1. The molecule has 0 radical (unpaired) electrons. The van der Waals surface area contributed by atoms with Crippen LogP contribution in [0.25, 0.3) is 0 Å². The molecule has 6 nitrogen and oxygen atoms in total. The minimum atomic E-state index is -4.03. The number of para-hydroxylation sites is 2. The number of hydrogen-bond donors (Lipinski definition) is 2. The molecule has 3 rings (SSSR count). The van der Waals surface area contributed by atoms with Gasteiger partial charge in [0.25, 0.3) is 0 Å². The number of halogens is 1. The number of anilines is 2. The van der Waals surface area contributed by atoms with Crippen LogP contribution in [-0.4, -0.2) is 39.7 Å². The lowest BCUT2D eigenvalue weighted by molar-refractivity contribution is 0.472. The molecule has 2 aromatic rings. The quantitative estimate of drug-likeness (QED) is 0.866. The maximum atomic E-state index is 14.6. The highest BCUT2D eigenvalue weighted by Gasteiger charge is 2.27. The standard InChI is InChI=1S/C17H20FN3O3S/c1-12-6-7-15(25(19,23)24)17(16(12)18)21-10-8-20(9-11-21)13-4-2-3-5-14(13)22/h2-7,22H,8-11H2,1H3,(H2,19,23,24). The summed E-state index contributed by atoms with van der Waals surface area (Å²) in [7, 11) is -4.03. The van der Waals surface area contributed by atoms with E-state index in [4.69, 9.17) is 5.14 Å². The summed E-state index contributed by atoms with van der Waals surface area (Å²) in [5.74, 6) is -0.384. The second-order valence-corrected chi connectivity index (χ2v) is 7.58. The van der Waals surface area contributed by atoms with Crippen LogP contribution >= 0.6 is 0 Å². The number of nitrogens with zero attached hydrogens (tertiary/aromatic N) is 2. The van der Waals surface area contributed by atoms with Crippen molar-refractivity contribution in [3.63, 3.8) is 0 Å². The average molecular weight is 365 g/mol. The van der Waals surface area contributed by atoms with E-state index in [1.165, 1.54) is 12.1 Å². The Morgan fingerprint density at radius 1 is 1.04 bits per heavy atom. The van der Waals surface area contributed by atoms with E-state index in [0.717, 1.165) is 0 Å². The van der Waals surface area contributed by atoms with Crippen LogP contribution in [0.2, 0.25) is 0 Å². The maximum absolute atomic E-state index is 14.6. The smallest absolute Gasteiger partial charge is 0.240 e. The summed E-state index contributed by atoms with van der Waals surface area (Å²) in [4.78, 5) is 3.47. The number of aromatic hydroxyl groups is 1. The molecule has 25 heavy (non-hydrogen) atoms. The fraction of sp³-hybridized carbons (Fsp3) is 0.294. The van der Waals surface area contributed by atoms with Gasteiger partial charge in [-0.05, 0) is 30.7 Å². The summed E-state index contributed by atoms with van der Waals surface area (Å²) >= 11 is 0. The predicted octanol–water partition coefficient (Wildman–Crippen LogP) is 1.81. The highest BCUT2D eigenvalue weighted by Crippen LogP contribution is 2.32. The molecule has 0 atom stereocenters. The lowest BCUT2D eigenvalue weighted by atomic mass is 10.1. The molecule has 0 aromatic heterocycles. The van der Waals surface area contributed by atoms with E-state index in [9.17, 15) is 17.9 Å². The van der Waals surface area contributed by atoms with E-state index in [1.807, 2.05) is 17.0 Å². The van der Waals surface area contributed by atoms with Gasteiger partial charge in [0, 0.05) is 26.2 Å². The minimum absolute atomic E-state index is 0.0273. The number of piperazine rings is 1. The monoisotopic (exact) mass is 365 g/mol. The minimum Gasteiger partial charge on any atom is -0.506 e. The number of sulfonamides is 1. The number of aryl methyl sites for hydroxylation is 1. The molecule has 0 aliphatic carbocycles. The van der Waals surface area contributed by atoms with Crippen LogP contribution in [0.1, 0.15) is 5.56 Å². The molecule has 1 aliphatic rings. The summed E-state index contributed by atoms with van der Waals surface area (Å²) in [5.41, 5.74) is 1.10. The number of phenols is 1. The van der Waals surface area contributed by atoms with Gasteiger partial charge in [0.05, 0.1) is 11.4 Å². The molecule has 8 heteroatoms. The van der Waals surface area contributed by atoms with Gasteiger partial charge in [-0.1, -0.05) is 18.2 Å². The number of nitrogens with two attached hydrogens (primary N) is 1. The fourth-order valence-corrected chi connectivity index (χ4v) is 3.82. The van der Waals surface area contributed by atoms with Crippen LogP contribution in [-0.2, 0) is 10.0 Å². The lowest BCUT2D eigenvalue weighted by Gasteiger charge is -2.38. The molecule has 1 aliphatic heterocycles. The molecule has 0 unspecified atom stereocenters. The van der Waals surface area contributed by atoms with Crippen molar-refractivity contribution in [2.75, 3.05) is 36.0 Å². The second kappa shape index (κ2) is 6.53. The van der Waals surface area contributed by atoms with Crippen molar-refractivity contribution in [1.29, 1.82) is 0 Å². The summed E-state index contributed by atoms with van der Waals surface area (Å²) in [6.45, 7) is 3.46. The van der Waals surface area contributed by atoms with E-state index in [1.54, 1.807) is 24.0 Å². The maximum Gasteiger partial charge on any atom is 0.240 e. The summed E-state index contributed by atoms with van der Waals surface area (Å²) in [5, 5.41) is 15.2. The van der Waals surface area contributed by atoms with Crippen molar-refractivity contribution < 1.29 is 17.9 Å². The molecule has 1 heterocycles. The van der Waals surface area contributed by atoms with Crippen molar-refractivity contribution in [1.82, 2.24) is 0 Å². The molecule has 2 aromatic carbocycles. The summed E-state index contributed by atoms with van der Waals surface area (Å²) in [6.07, 6.45) is 0. The molecule has 0 saturated carbocycles. The Balaban J connectivity index is 1.89. The Labute approximate surface area is 146 Å². The van der Waals surface area contributed by atoms with Gasteiger partial charge in [0.15, 0.2) is 5.82 Å². The van der Waals surface area contributed by atoms with Crippen LogP contribution < -0.4 is 14.9 Å². The second-order valence-electron chi connectivity index (χ2n) is 6.05. The van der Waals surface area contributed by atoms with E-state index < -0.39 is 15.8 Å². The van der Waals surface area contributed by atoms with Crippen LogP contribution in [0.15, 0.2) is 41.3 Å². The van der Waals surface area contributed by atoms with Crippen LogP contribution in [0.5, 0.6) is 5.75 Å². The molecule has 134 valence electrons. The van der Waals surface area contributed by atoms with E-state index in [-0.39, 0.29) is 16.3 Å². The highest BCUT2D eigenvalue weighted by atomic mass is 32.2. The number of rotatable bonds is 3. The first-order valence-corrected chi connectivity index (χ1v) is 9.43. The Morgan fingerprint density at radius 2 is 1.64 bits per heavy atom. The van der Waals surface area contributed by atoms with Crippen molar-refractivity contribution >= 4 is 21.4 Å².